The molecule has 0 aromatic carbocycles. The van der Waals surface area contributed by atoms with Crippen LogP contribution in [0.25, 0.3) is 0 Å². The molecule has 10 atom stereocenters. The van der Waals surface area contributed by atoms with Crippen LogP contribution in [0.1, 0.15) is 198 Å². The summed E-state index contributed by atoms with van der Waals surface area (Å²) in [6.45, 7) is 17.0. The van der Waals surface area contributed by atoms with Crippen LogP contribution in [0.15, 0.2) is 0 Å². The number of carbonyl (C=O) groups excluding carboxylic acids is 8. The maximum atomic E-state index is 14.0. The Morgan fingerprint density at radius 2 is 1.01 bits per heavy atom. The highest BCUT2D eigenvalue weighted by atomic mass is 16.5. The monoisotopic (exact) mass is 992 g/mol. The van der Waals surface area contributed by atoms with Crippen molar-refractivity contribution in [2.45, 2.75) is 258 Å². The molecule has 0 aliphatic carbocycles. The SMILES string of the molecule is CCCCCCCCCCCCCCCCCC1CC(=O)NC(C(C)O)C(=O)NC(C(C)C)C(=O)NC(C)C(=O)N2CCCC2C(=O)NC(CC(C)C)C(=O)NC(C(C)C)C(=O)NC(C(C)O)C(=O)O1. The van der Waals surface area contributed by atoms with Gasteiger partial charge in [-0.2, -0.15) is 0 Å². The highest BCUT2D eigenvalue weighted by Crippen LogP contribution is 2.21. The van der Waals surface area contributed by atoms with E-state index < -0.39 is 126 Å². The molecule has 70 heavy (non-hydrogen) atoms. The van der Waals surface area contributed by atoms with Crippen LogP contribution < -0.4 is 31.9 Å². The van der Waals surface area contributed by atoms with Gasteiger partial charge in [0, 0.05) is 6.54 Å². The molecule has 402 valence electrons. The van der Waals surface area contributed by atoms with Gasteiger partial charge in [-0.3, -0.25) is 33.6 Å². The summed E-state index contributed by atoms with van der Waals surface area (Å²) in [5.41, 5.74) is 0. The first kappa shape index (κ1) is 61.8. The molecule has 0 saturated carbocycles. The zero-order valence-electron chi connectivity index (χ0n) is 44.4. The van der Waals surface area contributed by atoms with Gasteiger partial charge in [0.2, 0.25) is 41.4 Å². The number of aliphatic hydroxyl groups excluding tert-OH is 2. The van der Waals surface area contributed by atoms with E-state index in [-0.39, 0.29) is 25.3 Å². The standard InChI is InChI=1S/C52H93N7O11/c1-11-12-13-14-15-16-17-18-19-20-21-22-23-24-25-27-38-31-41(62)55-44(36(9)60)50(67)57-42(33(4)5)48(65)53-35(8)51(68)59-29-26-28-40(59)47(64)54-39(30-32(2)3)46(63)56-43(34(6)7)49(66)58-45(37(10)61)52(69)70-38/h32-40,42-45,60-61H,11-31H2,1-10H3,(H,53,65)(H,54,64)(H,55,62)(H,56,63)(H,57,67)(H,58,66). The Morgan fingerprint density at radius 1 is 0.557 bits per heavy atom. The van der Waals surface area contributed by atoms with E-state index in [2.05, 4.69) is 38.8 Å². The number of ether oxygens (including phenoxy) is 1. The van der Waals surface area contributed by atoms with Crippen LogP contribution in [-0.4, -0.2) is 130 Å². The van der Waals surface area contributed by atoms with Gasteiger partial charge in [0.25, 0.3) is 0 Å². The lowest BCUT2D eigenvalue weighted by Gasteiger charge is -2.31. The number of unbranched alkanes of at least 4 members (excludes halogenated alkanes) is 14. The summed E-state index contributed by atoms with van der Waals surface area (Å²) < 4.78 is 5.88. The molecule has 7 amide bonds. The summed E-state index contributed by atoms with van der Waals surface area (Å²) in [6.07, 6.45) is 14.0. The Kier molecular flexibility index (Phi) is 28.8. The Bertz CT molecular complexity index is 1660. The molecule has 2 heterocycles. The molecular weight excluding hydrogens is 899 g/mol. The van der Waals surface area contributed by atoms with Crippen LogP contribution in [0.3, 0.4) is 0 Å². The van der Waals surface area contributed by atoms with Crippen molar-refractivity contribution in [1.29, 1.82) is 0 Å². The van der Waals surface area contributed by atoms with Crippen molar-refractivity contribution >= 4 is 47.3 Å². The number of hydrogen-bond acceptors (Lipinski definition) is 11. The lowest BCUT2D eigenvalue weighted by Crippen LogP contribution is -2.61. The Morgan fingerprint density at radius 3 is 1.50 bits per heavy atom. The van der Waals surface area contributed by atoms with E-state index in [0.717, 1.165) is 32.1 Å². The van der Waals surface area contributed by atoms with Crippen molar-refractivity contribution < 1.29 is 53.3 Å². The third-order valence-electron chi connectivity index (χ3n) is 13.3. The highest BCUT2D eigenvalue weighted by molar-refractivity contribution is 5.98. The van der Waals surface area contributed by atoms with Crippen molar-refractivity contribution in [2.24, 2.45) is 17.8 Å². The summed E-state index contributed by atoms with van der Waals surface area (Å²) in [5, 5.41) is 37.5. The predicted molar refractivity (Wildman–Crippen MR) is 269 cm³/mol. The lowest BCUT2D eigenvalue weighted by molar-refractivity contribution is -0.158. The van der Waals surface area contributed by atoms with Gasteiger partial charge in [0.05, 0.1) is 18.6 Å². The minimum atomic E-state index is -1.61. The topological polar surface area (TPSA) is 262 Å². The molecule has 2 aliphatic heterocycles. The maximum absolute atomic E-state index is 14.0. The maximum Gasteiger partial charge on any atom is 0.331 e. The number of aliphatic hydroxyl groups is 2. The summed E-state index contributed by atoms with van der Waals surface area (Å²) in [5.74, 6) is -7.05. The van der Waals surface area contributed by atoms with Crippen LogP contribution in [0.5, 0.6) is 0 Å². The van der Waals surface area contributed by atoms with Gasteiger partial charge < -0.3 is 51.8 Å². The number of hydrogen-bond donors (Lipinski definition) is 8. The van der Waals surface area contributed by atoms with Crippen LogP contribution >= 0.6 is 0 Å². The molecule has 2 rings (SSSR count). The Hall–Kier alpha value is -4.32. The summed E-state index contributed by atoms with van der Waals surface area (Å²) in [4.78, 5) is 112. The van der Waals surface area contributed by atoms with E-state index in [1.54, 1.807) is 27.7 Å². The molecule has 0 radical (unpaired) electrons. The van der Waals surface area contributed by atoms with Crippen LogP contribution in [0.2, 0.25) is 0 Å². The van der Waals surface area contributed by atoms with E-state index in [4.69, 9.17) is 4.74 Å². The number of fused-ring (bicyclic) bond motifs is 1. The quantitative estimate of drug-likeness (QED) is 0.0549. The van der Waals surface area contributed by atoms with Gasteiger partial charge in [0.15, 0.2) is 6.04 Å². The van der Waals surface area contributed by atoms with Gasteiger partial charge in [-0.1, -0.05) is 138 Å². The summed E-state index contributed by atoms with van der Waals surface area (Å²) in [6, 6.07) is -8.79. The molecule has 2 fully saturated rings. The van der Waals surface area contributed by atoms with E-state index in [9.17, 15) is 48.6 Å². The first-order valence-corrected chi connectivity index (χ1v) is 26.8. The van der Waals surface area contributed by atoms with Crippen LogP contribution in [0, 0.1) is 17.8 Å². The Labute approximate surface area is 418 Å². The fourth-order valence-electron chi connectivity index (χ4n) is 9.10. The third-order valence-corrected chi connectivity index (χ3v) is 13.3. The van der Waals surface area contributed by atoms with Gasteiger partial charge in [-0.25, -0.2) is 4.79 Å². The Balaban J connectivity index is 2.41. The summed E-state index contributed by atoms with van der Waals surface area (Å²) >= 11 is 0. The van der Waals surface area contributed by atoms with Crippen molar-refractivity contribution in [3.05, 3.63) is 0 Å². The average Bonchev–Trinajstić information content (AvgIpc) is 3.78. The molecule has 2 saturated heterocycles. The molecule has 8 N–H and O–H groups in total. The zero-order valence-corrected chi connectivity index (χ0v) is 44.4. The van der Waals surface area contributed by atoms with Crippen molar-refractivity contribution in [1.82, 2.24) is 36.8 Å². The average molecular weight is 992 g/mol. The first-order valence-electron chi connectivity index (χ1n) is 26.8. The fraction of sp³-hybridized carbons (Fsp3) is 0.846. The molecular formula is C52H93N7O11. The van der Waals surface area contributed by atoms with Gasteiger partial charge in [-0.15, -0.1) is 0 Å². The van der Waals surface area contributed by atoms with Crippen molar-refractivity contribution in [3.8, 4) is 0 Å². The molecule has 0 aromatic rings. The second-order valence-electron chi connectivity index (χ2n) is 21.1. The number of nitrogens with one attached hydrogen (secondary N) is 6. The molecule has 18 heteroatoms. The largest absolute Gasteiger partial charge is 0.460 e. The van der Waals surface area contributed by atoms with Crippen LogP contribution in [-0.2, 0) is 43.1 Å². The summed E-state index contributed by atoms with van der Waals surface area (Å²) in [7, 11) is 0. The first-order chi connectivity index (χ1) is 33.1. The number of carbonyl (C=O) groups is 8. The fourth-order valence-corrected chi connectivity index (χ4v) is 9.10. The normalized spacial score (nSPS) is 26.3. The van der Waals surface area contributed by atoms with E-state index in [1.807, 2.05) is 13.8 Å². The van der Waals surface area contributed by atoms with Crippen molar-refractivity contribution in [3.63, 3.8) is 0 Å². The molecule has 0 bridgehead atoms. The molecule has 18 nitrogen and oxygen atoms in total. The lowest BCUT2D eigenvalue weighted by atomic mass is 9.99. The van der Waals surface area contributed by atoms with Gasteiger partial charge in [-0.05, 0) is 70.6 Å². The molecule has 0 aromatic heterocycles. The smallest absolute Gasteiger partial charge is 0.331 e. The van der Waals surface area contributed by atoms with Gasteiger partial charge >= 0.3 is 5.97 Å². The van der Waals surface area contributed by atoms with Crippen molar-refractivity contribution in [2.75, 3.05) is 6.54 Å². The van der Waals surface area contributed by atoms with Gasteiger partial charge in [0.1, 0.15) is 42.4 Å². The highest BCUT2D eigenvalue weighted by Gasteiger charge is 2.41. The van der Waals surface area contributed by atoms with E-state index in [1.165, 1.54) is 83.5 Å². The molecule has 0 spiro atoms. The minimum Gasteiger partial charge on any atom is -0.460 e. The van der Waals surface area contributed by atoms with E-state index in [0.29, 0.717) is 19.3 Å². The third kappa shape index (κ3) is 22.0. The zero-order chi connectivity index (χ0) is 52.5. The van der Waals surface area contributed by atoms with Crippen LogP contribution in [0.4, 0.5) is 0 Å². The number of esters is 1. The second kappa shape index (κ2) is 32.6. The minimum absolute atomic E-state index is 0.0842. The molecule has 10 unspecified atom stereocenters. The number of amides is 7. The number of rotatable bonds is 22. The predicted octanol–water partition coefficient (Wildman–Crippen LogP) is 4.60. The number of cyclic esters (lactones) is 1. The molecule has 2 aliphatic rings. The second-order valence-corrected chi connectivity index (χ2v) is 21.1. The number of nitrogens with zero attached hydrogens (tertiary/aromatic N) is 1. The van der Waals surface area contributed by atoms with E-state index >= 15 is 0 Å².